The Morgan fingerprint density at radius 1 is 1.54 bits per heavy atom. The minimum absolute atomic E-state index is 0.117. The fraction of sp³-hybridized carbons (Fsp3) is 0.333. The highest BCUT2D eigenvalue weighted by Crippen LogP contribution is 2.12. The molecule has 0 saturated heterocycles. The molecule has 0 radical (unpaired) electrons. The molecule has 4 nitrogen and oxygen atoms in total. The molecular weight excluding hydrogens is 166 g/mol. The number of carbonyl (C=O) groups excluding carboxylic acids is 1. The van der Waals surface area contributed by atoms with Crippen LogP contribution in [-0.4, -0.2) is 17.1 Å². The van der Waals surface area contributed by atoms with Gasteiger partial charge in [-0.15, -0.1) is 0 Å². The number of hydrogen-bond acceptors (Lipinski definition) is 3. The van der Waals surface area contributed by atoms with Crippen LogP contribution in [0.25, 0.3) is 0 Å². The molecule has 0 unspecified atom stereocenters. The van der Waals surface area contributed by atoms with Gasteiger partial charge in [0.15, 0.2) is 0 Å². The monoisotopic (exact) mass is 179 g/mol. The highest BCUT2D eigenvalue weighted by molar-refractivity contribution is 5.95. The number of nitrogens with zero attached hydrogens (tertiary/aromatic N) is 2. The normalized spacial score (nSPS) is 20.8. The number of nitrogens with one attached hydrogen (secondary N) is 1. The van der Waals surface area contributed by atoms with Gasteiger partial charge in [-0.25, -0.2) is 5.01 Å². The lowest BCUT2D eigenvalue weighted by atomic mass is 10.3. The van der Waals surface area contributed by atoms with Crippen LogP contribution in [0, 0.1) is 0 Å². The second-order valence-corrected chi connectivity index (χ2v) is 2.66. The Bertz CT molecular complexity index is 302. The standard InChI is InChI=1S/C9H13N3O/c1-4-8-9(13)11-7(3)6-12(8)10-5-2/h4-6H,1-3H3,(H,11,13). The van der Waals surface area contributed by atoms with E-state index in [0.29, 0.717) is 5.70 Å². The molecule has 0 atom stereocenters. The Kier molecular flexibility index (Phi) is 2.84. The third-order valence-electron chi connectivity index (χ3n) is 1.62. The number of rotatable bonds is 1. The molecule has 13 heavy (non-hydrogen) atoms. The van der Waals surface area contributed by atoms with Crippen molar-refractivity contribution >= 4 is 12.1 Å². The maximum absolute atomic E-state index is 11.4. The van der Waals surface area contributed by atoms with Crippen molar-refractivity contribution in [1.29, 1.82) is 0 Å². The van der Waals surface area contributed by atoms with Crippen molar-refractivity contribution in [1.82, 2.24) is 10.3 Å². The average Bonchev–Trinajstić information content (AvgIpc) is 2.04. The summed E-state index contributed by atoms with van der Waals surface area (Å²) in [6.07, 6.45) is 5.15. The lowest BCUT2D eigenvalue weighted by Gasteiger charge is -2.23. The van der Waals surface area contributed by atoms with E-state index in [1.54, 1.807) is 23.5 Å². The van der Waals surface area contributed by atoms with Crippen molar-refractivity contribution in [3.63, 3.8) is 0 Å². The first-order chi connectivity index (χ1) is 6.19. The molecule has 0 bridgehead atoms. The number of hydrogen-bond donors (Lipinski definition) is 1. The lowest BCUT2D eigenvalue weighted by Crippen LogP contribution is -2.34. The summed E-state index contributed by atoms with van der Waals surface area (Å²) in [5, 5.41) is 8.31. The van der Waals surface area contributed by atoms with Crippen LogP contribution < -0.4 is 5.32 Å². The van der Waals surface area contributed by atoms with Crippen LogP contribution in [0.4, 0.5) is 0 Å². The van der Waals surface area contributed by atoms with Gasteiger partial charge in [-0.1, -0.05) is 6.08 Å². The van der Waals surface area contributed by atoms with Gasteiger partial charge in [0.1, 0.15) is 5.70 Å². The van der Waals surface area contributed by atoms with Crippen molar-refractivity contribution in [3.8, 4) is 0 Å². The van der Waals surface area contributed by atoms with Crippen molar-refractivity contribution in [3.05, 3.63) is 23.7 Å². The van der Waals surface area contributed by atoms with E-state index in [1.807, 2.05) is 20.8 Å². The maximum Gasteiger partial charge on any atom is 0.273 e. The largest absolute Gasteiger partial charge is 0.323 e. The molecule has 1 amide bonds. The van der Waals surface area contributed by atoms with E-state index in [4.69, 9.17) is 0 Å². The summed E-state index contributed by atoms with van der Waals surface area (Å²) in [6, 6.07) is 0. The Labute approximate surface area is 77.6 Å². The Morgan fingerprint density at radius 2 is 2.23 bits per heavy atom. The first-order valence-corrected chi connectivity index (χ1v) is 4.13. The van der Waals surface area contributed by atoms with E-state index in [-0.39, 0.29) is 5.91 Å². The smallest absolute Gasteiger partial charge is 0.273 e. The van der Waals surface area contributed by atoms with Crippen molar-refractivity contribution in [2.45, 2.75) is 20.8 Å². The topological polar surface area (TPSA) is 44.7 Å². The van der Waals surface area contributed by atoms with Crippen LogP contribution in [0.3, 0.4) is 0 Å². The molecule has 1 aliphatic rings. The third kappa shape index (κ3) is 1.96. The zero-order chi connectivity index (χ0) is 9.84. The predicted molar refractivity (Wildman–Crippen MR) is 51.7 cm³/mol. The molecule has 1 N–H and O–H groups in total. The van der Waals surface area contributed by atoms with Crippen molar-refractivity contribution in [2.75, 3.05) is 0 Å². The summed E-state index contributed by atoms with van der Waals surface area (Å²) >= 11 is 0. The lowest BCUT2D eigenvalue weighted by molar-refractivity contribution is -0.118. The highest BCUT2D eigenvalue weighted by Gasteiger charge is 2.19. The van der Waals surface area contributed by atoms with E-state index in [1.165, 1.54) is 0 Å². The number of amides is 1. The maximum atomic E-state index is 11.4. The van der Waals surface area contributed by atoms with E-state index in [9.17, 15) is 4.79 Å². The Morgan fingerprint density at radius 3 is 2.77 bits per heavy atom. The van der Waals surface area contributed by atoms with Gasteiger partial charge in [0.2, 0.25) is 0 Å². The molecule has 0 aromatic heterocycles. The number of carbonyl (C=O) groups is 1. The second-order valence-electron chi connectivity index (χ2n) is 2.66. The minimum atomic E-state index is -0.117. The van der Waals surface area contributed by atoms with Crippen LogP contribution in [0.2, 0.25) is 0 Å². The van der Waals surface area contributed by atoms with E-state index in [2.05, 4.69) is 10.4 Å². The molecule has 1 rings (SSSR count). The fourth-order valence-corrected chi connectivity index (χ4v) is 1.12. The van der Waals surface area contributed by atoms with Crippen LogP contribution in [0.15, 0.2) is 28.8 Å². The van der Waals surface area contributed by atoms with Crippen molar-refractivity contribution in [2.24, 2.45) is 5.10 Å². The molecule has 0 aliphatic carbocycles. The number of hydrazone groups is 1. The van der Waals surface area contributed by atoms with Gasteiger partial charge in [0.25, 0.3) is 5.91 Å². The summed E-state index contributed by atoms with van der Waals surface area (Å²) in [5.41, 5.74) is 1.34. The molecule has 0 aromatic rings. The Hall–Kier alpha value is -1.58. The number of allylic oxidation sites excluding steroid dienone is 2. The average molecular weight is 179 g/mol. The zero-order valence-electron chi connectivity index (χ0n) is 8.03. The van der Waals surface area contributed by atoms with Crippen LogP contribution in [-0.2, 0) is 4.79 Å². The van der Waals surface area contributed by atoms with E-state index in [0.717, 1.165) is 5.70 Å². The molecule has 1 aliphatic heterocycles. The van der Waals surface area contributed by atoms with Gasteiger partial charge in [-0.2, -0.15) is 5.10 Å². The quantitative estimate of drug-likeness (QED) is 0.485. The summed E-state index contributed by atoms with van der Waals surface area (Å²) in [6.45, 7) is 5.44. The fourth-order valence-electron chi connectivity index (χ4n) is 1.12. The first-order valence-electron chi connectivity index (χ1n) is 4.13. The van der Waals surface area contributed by atoms with Crippen LogP contribution in [0.1, 0.15) is 20.8 Å². The highest BCUT2D eigenvalue weighted by atomic mass is 16.2. The third-order valence-corrected chi connectivity index (χ3v) is 1.62. The SMILES string of the molecule is CC=NN1C=C(C)NC(=O)C1=CC. The van der Waals surface area contributed by atoms with E-state index < -0.39 is 0 Å². The van der Waals surface area contributed by atoms with Gasteiger partial charge in [-0.05, 0) is 20.8 Å². The summed E-state index contributed by atoms with van der Waals surface area (Å²) in [5.74, 6) is -0.117. The summed E-state index contributed by atoms with van der Waals surface area (Å²) in [4.78, 5) is 11.4. The van der Waals surface area contributed by atoms with Gasteiger partial charge in [0.05, 0.1) is 0 Å². The van der Waals surface area contributed by atoms with Gasteiger partial charge in [0, 0.05) is 18.1 Å². The van der Waals surface area contributed by atoms with E-state index >= 15 is 0 Å². The van der Waals surface area contributed by atoms with Gasteiger partial charge in [-0.3, -0.25) is 4.79 Å². The van der Waals surface area contributed by atoms with Crippen LogP contribution in [0.5, 0.6) is 0 Å². The molecular formula is C9H13N3O. The van der Waals surface area contributed by atoms with Gasteiger partial charge < -0.3 is 5.32 Å². The zero-order valence-corrected chi connectivity index (χ0v) is 8.03. The molecule has 0 fully saturated rings. The molecule has 70 valence electrons. The van der Waals surface area contributed by atoms with Crippen molar-refractivity contribution < 1.29 is 4.79 Å². The molecule has 0 spiro atoms. The molecule has 1 heterocycles. The summed E-state index contributed by atoms with van der Waals surface area (Å²) in [7, 11) is 0. The van der Waals surface area contributed by atoms with Crippen LogP contribution >= 0.6 is 0 Å². The second kappa shape index (κ2) is 3.89. The predicted octanol–water partition coefficient (Wildman–Crippen LogP) is 1.19. The minimum Gasteiger partial charge on any atom is -0.323 e. The first kappa shape index (κ1) is 9.51. The Balaban J connectivity index is 3.02. The molecule has 0 aromatic carbocycles. The molecule has 4 heteroatoms. The molecule has 0 saturated carbocycles. The summed E-state index contributed by atoms with van der Waals surface area (Å²) < 4.78 is 0. The van der Waals surface area contributed by atoms with Gasteiger partial charge >= 0.3 is 0 Å².